The van der Waals surface area contributed by atoms with E-state index in [2.05, 4.69) is 5.16 Å². The number of nitrogens with zero attached hydrogens (tertiary/aromatic N) is 2. The number of carbonyl (C=O) groups is 1. The Bertz CT molecular complexity index is 619. The molecule has 1 aromatic heterocycles. The summed E-state index contributed by atoms with van der Waals surface area (Å²) in [6.45, 7) is 0.611. The third kappa shape index (κ3) is 1.99. The zero-order valence-corrected chi connectivity index (χ0v) is 9.90. The highest BCUT2D eigenvalue weighted by molar-refractivity contribution is 5.94. The summed E-state index contributed by atoms with van der Waals surface area (Å²) in [7, 11) is 0. The second-order valence-corrected chi connectivity index (χ2v) is 4.35. The minimum atomic E-state index is -0.846. The molecule has 0 unspecified atom stereocenters. The van der Waals surface area contributed by atoms with Crippen LogP contribution in [0.4, 0.5) is 8.78 Å². The molecule has 0 spiro atoms. The zero-order valence-electron chi connectivity index (χ0n) is 9.90. The first kappa shape index (κ1) is 11.8. The van der Waals surface area contributed by atoms with Gasteiger partial charge in [-0.15, -0.1) is 0 Å². The van der Waals surface area contributed by atoms with E-state index in [9.17, 15) is 13.6 Å². The lowest BCUT2D eigenvalue weighted by Gasteiger charge is -2.25. The van der Waals surface area contributed by atoms with Crippen molar-refractivity contribution in [3.63, 3.8) is 0 Å². The summed E-state index contributed by atoms with van der Waals surface area (Å²) in [6.07, 6.45) is 2.02. The lowest BCUT2D eigenvalue weighted by Crippen LogP contribution is -2.36. The first-order chi connectivity index (χ1) is 9.16. The van der Waals surface area contributed by atoms with E-state index in [4.69, 9.17) is 4.52 Å². The van der Waals surface area contributed by atoms with E-state index < -0.39 is 23.1 Å². The minimum Gasteiger partial charge on any atom is -0.361 e. The van der Waals surface area contributed by atoms with Gasteiger partial charge in [0.15, 0.2) is 0 Å². The van der Waals surface area contributed by atoms with Crippen molar-refractivity contribution >= 4 is 5.91 Å². The molecule has 4 nitrogen and oxygen atoms in total. The van der Waals surface area contributed by atoms with Crippen LogP contribution in [0.15, 0.2) is 28.9 Å². The van der Waals surface area contributed by atoms with Gasteiger partial charge in [-0.1, -0.05) is 11.2 Å². The second kappa shape index (κ2) is 4.46. The summed E-state index contributed by atoms with van der Waals surface area (Å²) < 4.78 is 32.1. The van der Waals surface area contributed by atoms with E-state index >= 15 is 0 Å². The summed E-state index contributed by atoms with van der Waals surface area (Å²) in [5, 5.41) is 3.64. The molecular weight excluding hydrogens is 254 g/mol. The molecule has 1 aliphatic rings. The Morgan fingerprint density at radius 1 is 1.32 bits per heavy atom. The molecule has 98 valence electrons. The standard InChI is InChI=1S/C13H10F2N2O2/c14-9-2-1-3-10(15)12(9)13(18)17-5-4-11-8(7-17)6-16-19-11/h1-3,6H,4-5,7H2. The Labute approximate surface area is 107 Å². The van der Waals surface area contributed by atoms with Crippen LogP contribution in [-0.4, -0.2) is 22.5 Å². The van der Waals surface area contributed by atoms with Crippen LogP contribution in [0.1, 0.15) is 21.7 Å². The molecule has 0 aliphatic carbocycles. The van der Waals surface area contributed by atoms with Gasteiger partial charge in [-0.3, -0.25) is 4.79 Å². The topological polar surface area (TPSA) is 46.3 Å². The zero-order chi connectivity index (χ0) is 13.4. The average molecular weight is 264 g/mol. The van der Waals surface area contributed by atoms with Crippen LogP contribution in [0.3, 0.4) is 0 Å². The predicted molar refractivity (Wildman–Crippen MR) is 61.3 cm³/mol. The van der Waals surface area contributed by atoms with E-state index in [-0.39, 0.29) is 6.54 Å². The molecule has 0 bridgehead atoms. The molecule has 0 saturated heterocycles. The highest BCUT2D eigenvalue weighted by Crippen LogP contribution is 2.22. The molecule has 1 amide bonds. The second-order valence-electron chi connectivity index (χ2n) is 4.35. The van der Waals surface area contributed by atoms with Gasteiger partial charge in [0.2, 0.25) is 0 Å². The number of halogens is 2. The molecule has 3 rings (SSSR count). The Morgan fingerprint density at radius 2 is 2.05 bits per heavy atom. The summed E-state index contributed by atoms with van der Waals surface area (Å²) in [6, 6.07) is 3.38. The minimum absolute atomic E-state index is 0.255. The van der Waals surface area contributed by atoms with Crippen LogP contribution in [-0.2, 0) is 13.0 Å². The van der Waals surface area contributed by atoms with Gasteiger partial charge in [-0.25, -0.2) is 8.78 Å². The molecule has 0 saturated carbocycles. The molecule has 0 atom stereocenters. The Balaban J connectivity index is 1.90. The maximum atomic E-state index is 13.6. The molecule has 6 heteroatoms. The molecule has 1 aromatic carbocycles. The summed E-state index contributed by atoms with van der Waals surface area (Å²) in [4.78, 5) is 13.6. The number of benzene rings is 1. The third-order valence-corrected chi connectivity index (χ3v) is 3.16. The van der Waals surface area contributed by atoms with E-state index in [1.165, 1.54) is 17.2 Å². The van der Waals surface area contributed by atoms with Gasteiger partial charge in [-0.2, -0.15) is 0 Å². The fourth-order valence-electron chi connectivity index (χ4n) is 2.17. The van der Waals surface area contributed by atoms with Crippen molar-refractivity contribution in [2.24, 2.45) is 0 Å². The number of rotatable bonds is 1. The highest BCUT2D eigenvalue weighted by Gasteiger charge is 2.27. The number of amides is 1. The van der Waals surface area contributed by atoms with Crippen molar-refractivity contribution < 1.29 is 18.1 Å². The SMILES string of the molecule is O=C(c1c(F)cccc1F)N1CCc2oncc2C1. The van der Waals surface area contributed by atoms with Gasteiger partial charge < -0.3 is 9.42 Å². The van der Waals surface area contributed by atoms with Crippen LogP contribution < -0.4 is 0 Å². The monoisotopic (exact) mass is 264 g/mol. The first-order valence-electron chi connectivity index (χ1n) is 5.82. The van der Waals surface area contributed by atoms with Crippen molar-refractivity contribution in [3.8, 4) is 0 Å². The Hall–Kier alpha value is -2.24. The molecule has 0 fully saturated rings. The number of fused-ring (bicyclic) bond motifs is 1. The number of hydrogen-bond donors (Lipinski definition) is 0. The van der Waals surface area contributed by atoms with Crippen molar-refractivity contribution in [2.75, 3.05) is 6.54 Å². The molecule has 0 radical (unpaired) electrons. The quantitative estimate of drug-likeness (QED) is 0.792. The number of aromatic nitrogens is 1. The van der Waals surface area contributed by atoms with Crippen molar-refractivity contribution in [2.45, 2.75) is 13.0 Å². The summed E-state index contributed by atoms with van der Waals surface area (Å²) in [5.74, 6) is -1.62. The largest absolute Gasteiger partial charge is 0.361 e. The fraction of sp³-hybridized carbons (Fsp3) is 0.231. The predicted octanol–water partition coefficient (Wildman–Crippen LogP) is 2.15. The lowest BCUT2D eigenvalue weighted by molar-refractivity contribution is 0.0719. The normalized spacial score (nSPS) is 14.3. The van der Waals surface area contributed by atoms with Crippen molar-refractivity contribution in [3.05, 3.63) is 52.9 Å². The molecular formula is C13H10F2N2O2. The highest BCUT2D eigenvalue weighted by atomic mass is 19.1. The lowest BCUT2D eigenvalue weighted by atomic mass is 10.1. The molecule has 0 N–H and O–H groups in total. The van der Waals surface area contributed by atoms with Crippen LogP contribution in [0, 0.1) is 11.6 Å². The van der Waals surface area contributed by atoms with Crippen molar-refractivity contribution in [1.29, 1.82) is 0 Å². The maximum Gasteiger partial charge on any atom is 0.260 e. The van der Waals surface area contributed by atoms with E-state index in [0.29, 0.717) is 13.0 Å². The van der Waals surface area contributed by atoms with Gasteiger partial charge in [0, 0.05) is 18.5 Å². The first-order valence-corrected chi connectivity index (χ1v) is 5.82. The fourth-order valence-corrected chi connectivity index (χ4v) is 2.17. The van der Waals surface area contributed by atoms with Gasteiger partial charge in [0.1, 0.15) is 23.0 Å². The van der Waals surface area contributed by atoms with Gasteiger partial charge >= 0.3 is 0 Å². The van der Waals surface area contributed by atoms with E-state index in [1.54, 1.807) is 0 Å². The van der Waals surface area contributed by atoms with Crippen LogP contribution >= 0.6 is 0 Å². The van der Waals surface area contributed by atoms with Crippen LogP contribution in [0.25, 0.3) is 0 Å². The maximum absolute atomic E-state index is 13.6. The third-order valence-electron chi connectivity index (χ3n) is 3.16. The number of hydrogen-bond acceptors (Lipinski definition) is 3. The Kier molecular flexibility index (Phi) is 2.77. The summed E-state index contributed by atoms with van der Waals surface area (Å²) in [5.41, 5.74) is 0.263. The molecule has 2 heterocycles. The molecule has 19 heavy (non-hydrogen) atoms. The molecule has 2 aromatic rings. The smallest absolute Gasteiger partial charge is 0.260 e. The molecule has 1 aliphatic heterocycles. The van der Waals surface area contributed by atoms with Crippen LogP contribution in [0.2, 0.25) is 0 Å². The van der Waals surface area contributed by atoms with Gasteiger partial charge in [0.05, 0.1) is 12.7 Å². The van der Waals surface area contributed by atoms with E-state index in [0.717, 1.165) is 23.5 Å². The van der Waals surface area contributed by atoms with Gasteiger partial charge in [-0.05, 0) is 12.1 Å². The average Bonchev–Trinajstić information content (AvgIpc) is 2.85. The van der Waals surface area contributed by atoms with Gasteiger partial charge in [0.25, 0.3) is 5.91 Å². The number of carbonyl (C=O) groups excluding carboxylic acids is 1. The Morgan fingerprint density at radius 3 is 2.79 bits per heavy atom. The van der Waals surface area contributed by atoms with E-state index in [1.807, 2.05) is 0 Å². The van der Waals surface area contributed by atoms with Crippen molar-refractivity contribution in [1.82, 2.24) is 10.1 Å². The summed E-state index contributed by atoms with van der Waals surface area (Å²) >= 11 is 0. The van der Waals surface area contributed by atoms with Crippen LogP contribution in [0.5, 0.6) is 0 Å².